The number of nitrogens with one attached hydrogen (secondary N) is 3. The number of hydrogen-bond donors (Lipinski definition) is 3. The zero-order chi connectivity index (χ0) is 24.7. The van der Waals surface area contributed by atoms with E-state index in [1.807, 2.05) is 45.0 Å². The van der Waals surface area contributed by atoms with Gasteiger partial charge in [-0.15, -0.1) is 0 Å². The minimum atomic E-state index is -0.564. The quantitative estimate of drug-likeness (QED) is 0.535. The van der Waals surface area contributed by atoms with E-state index >= 15 is 0 Å². The molecule has 3 amide bonds. The highest BCUT2D eigenvalue weighted by Crippen LogP contribution is 2.28. The Morgan fingerprint density at radius 3 is 2.47 bits per heavy atom. The van der Waals surface area contributed by atoms with Crippen LogP contribution in [-0.2, 0) is 16.1 Å². The summed E-state index contributed by atoms with van der Waals surface area (Å²) in [5.41, 5.74) is 1.70. The van der Waals surface area contributed by atoms with Gasteiger partial charge in [0, 0.05) is 25.6 Å². The summed E-state index contributed by atoms with van der Waals surface area (Å²) >= 11 is 0. The molecule has 3 rings (SSSR count). The normalized spacial score (nSPS) is 15.4. The second kappa shape index (κ2) is 11.4. The highest BCUT2D eigenvalue weighted by atomic mass is 16.4. The number of furan rings is 1. The molecule has 3 N–H and O–H groups in total. The van der Waals surface area contributed by atoms with Crippen LogP contribution in [0.3, 0.4) is 0 Å². The van der Waals surface area contributed by atoms with Gasteiger partial charge in [-0.1, -0.05) is 58.2 Å². The van der Waals surface area contributed by atoms with Crippen molar-refractivity contribution in [3.63, 3.8) is 0 Å². The monoisotopic (exact) mass is 467 g/mol. The van der Waals surface area contributed by atoms with Crippen LogP contribution in [0.25, 0.3) is 11.3 Å². The van der Waals surface area contributed by atoms with Crippen molar-refractivity contribution in [2.75, 3.05) is 7.05 Å². The Kier molecular flexibility index (Phi) is 8.53. The fourth-order valence-electron chi connectivity index (χ4n) is 4.43. The molecule has 0 spiro atoms. The van der Waals surface area contributed by atoms with Crippen molar-refractivity contribution in [1.82, 2.24) is 16.0 Å². The van der Waals surface area contributed by atoms with E-state index in [-0.39, 0.29) is 28.9 Å². The van der Waals surface area contributed by atoms with Crippen LogP contribution in [-0.4, -0.2) is 30.8 Å². The van der Waals surface area contributed by atoms with E-state index in [2.05, 4.69) is 16.0 Å². The number of benzene rings is 1. The standard InChI is InChI=1S/C27H37N3O4/c1-27(2,3)16-23(31)29-17-18-9-8-12-20(15-18)21-13-14-22(34-21)25(32)30-24(26(33)28-4)19-10-6-5-7-11-19/h8-9,12-15,19,24H,5-7,10-11,16-17H2,1-4H3,(H,28,33)(H,29,31)(H,30,32)/t24-/m0/s1. The van der Waals surface area contributed by atoms with E-state index in [1.54, 1.807) is 19.2 Å². The van der Waals surface area contributed by atoms with Gasteiger partial charge in [0.1, 0.15) is 11.8 Å². The maximum atomic E-state index is 12.9. The minimum Gasteiger partial charge on any atom is -0.451 e. The first-order valence-corrected chi connectivity index (χ1v) is 12.1. The predicted molar refractivity (Wildman–Crippen MR) is 132 cm³/mol. The van der Waals surface area contributed by atoms with Crippen LogP contribution < -0.4 is 16.0 Å². The molecule has 0 bridgehead atoms. The molecule has 0 aliphatic heterocycles. The van der Waals surface area contributed by atoms with Crippen LogP contribution in [0.15, 0.2) is 40.8 Å². The second-order valence-electron chi connectivity index (χ2n) is 10.3. The van der Waals surface area contributed by atoms with Crippen molar-refractivity contribution in [3.8, 4) is 11.3 Å². The van der Waals surface area contributed by atoms with Crippen molar-refractivity contribution in [3.05, 3.63) is 47.7 Å². The molecule has 2 aromatic rings. The number of hydrogen-bond acceptors (Lipinski definition) is 4. The van der Waals surface area contributed by atoms with E-state index in [0.29, 0.717) is 18.7 Å². The molecular formula is C27H37N3O4. The van der Waals surface area contributed by atoms with Crippen LogP contribution in [0, 0.1) is 11.3 Å². The summed E-state index contributed by atoms with van der Waals surface area (Å²) in [6, 6.07) is 10.5. The third kappa shape index (κ3) is 7.20. The fourth-order valence-corrected chi connectivity index (χ4v) is 4.43. The SMILES string of the molecule is CNC(=O)[C@@H](NC(=O)c1ccc(-c2cccc(CNC(=O)CC(C)(C)C)c2)o1)C1CCCCC1. The summed E-state index contributed by atoms with van der Waals surface area (Å²) in [5, 5.41) is 8.52. The van der Waals surface area contributed by atoms with Gasteiger partial charge in [-0.2, -0.15) is 0 Å². The number of likely N-dealkylation sites (N-methyl/N-ethyl adjacent to an activating group) is 1. The highest BCUT2D eigenvalue weighted by molar-refractivity contribution is 5.96. The Hall–Kier alpha value is -3.09. The van der Waals surface area contributed by atoms with Crippen molar-refractivity contribution in [1.29, 1.82) is 0 Å². The van der Waals surface area contributed by atoms with Gasteiger partial charge >= 0.3 is 0 Å². The molecule has 7 nitrogen and oxygen atoms in total. The first-order valence-electron chi connectivity index (χ1n) is 12.1. The molecule has 184 valence electrons. The van der Waals surface area contributed by atoms with Crippen molar-refractivity contribution >= 4 is 17.7 Å². The minimum absolute atomic E-state index is 0.0125. The molecule has 0 unspecified atom stereocenters. The third-order valence-corrected chi connectivity index (χ3v) is 6.16. The Bertz CT molecular complexity index is 999. The van der Waals surface area contributed by atoms with Gasteiger partial charge in [-0.3, -0.25) is 14.4 Å². The van der Waals surface area contributed by atoms with Crippen LogP contribution >= 0.6 is 0 Å². The summed E-state index contributed by atoms with van der Waals surface area (Å²) in [7, 11) is 1.59. The number of carbonyl (C=O) groups excluding carboxylic acids is 3. The van der Waals surface area contributed by atoms with E-state index in [4.69, 9.17) is 4.42 Å². The topological polar surface area (TPSA) is 100 Å². The maximum Gasteiger partial charge on any atom is 0.287 e. The zero-order valence-corrected chi connectivity index (χ0v) is 20.7. The van der Waals surface area contributed by atoms with Gasteiger partial charge in [-0.05, 0) is 47.9 Å². The van der Waals surface area contributed by atoms with Gasteiger partial charge in [0.15, 0.2) is 5.76 Å². The smallest absolute Gasteiger partial charge is 0.287 e. The Morgan fingerprint density at radius 2 is 1.79 bits per heavy atom. The number of carbonyl (C=O) groups is 3. The lowest BCUT2D eigenvalue weighted by Gasteiger charge is -2.29. The van der Waals surface area contributed by atoms with E-state index in [9.17, 15) is 14.4 Å². The van der Waals surface area contributed by atoms with Crippen LogP contribution in [0.5, 0.6) is 0 Å². The second-order valence-corrected chi connectivity index (χ2v) is 10.3. The lowest BCUT2D eigenvalue weighted by Crippen LogP contribution is -2.50. The zero-order valence-electron chi connectivity index (χ0n) is 20.7. The molecule has 1 aliphatic rings. The Balaban J connectivity index is 1.66. The van der Waals surface area contributed by atoms with E-state index in [0.717, 1.165) is 36.8 Å². The van der Waals surface area contributed by atoms with Gasteiger partial charge in [0.2, 0.25) is 11.8 Å². The van der Waals surface area contributed by atoms with Crippen LogP contribution in [0.1, 0.15) is 75.4 Å². The molecule has 0 radical (unpaired) electrons. The van der Waals surface area contributed by atoms with Crippen molar-refractivity contribution in [2.24, 2.45) is 11.3 Å². The largest absolute Gasteiger partial charge is 0.451 e. The Morgan fingerprint density at radius 1 is 1.06 bits per heavy atom. The summed E-state index contributed by atoms with van der Waals surface area (Å²) in [6.45, 7) is 6.52. The average Bonchev–Trinajstić information content (AvgIpc) is 3.31. The summed E-state index contributed by atoms with van der Waals surface area (Å²) in [5.74, 6) is 0.311. The summed E-state index contributed by atoms with van der Waals surface area (Å²) in [4.78, 5) is 37.5. The molecule has 0 saturated heterocycles. The lowest BCUT2D eigenvalue weighted by molar-refractivity contribution is -0.124. The van der Waals surface area contributed by atoms with E-state index in [1.165, 1.54) is 6.42 Å². The van der Waals surface area contributed by atoms with Crippen LogP contribution in [0.4, 0.5) is 0 Å². The number of rotatable bonds is 8. The molecule has 1 aliphatic carbocycles. The van der Waals surface area contributed by atoms with Gasteiger partial charge in [-0.25, -0.2) is 0 Å². The predicted octanol–water partition coefficient (Wildman–Crippen LogP) is 4.42. The molecule has 1 saturated carbocycles. The molecule has 1 atom stereocenters. The maximum absolute atomic E-state index is 12.9. The number of amides is 3. The molecule has 34 heavy (non-hydrogen) atoms. The molecule has 1 heterocycles. The summed E-state index contributed by atoms with van der Waals surface area (Å²) < 4.78 is 5.85. The first kappa shape index (κ1) is 25.5. The van der Waals surface area contributed by atoms with Gasteiger partial charge in [0.25, 0.3) is 5.91 Å². The van der Waals surface area contributed by atoms with E-state index < -0.39 is 11.9 Å². The van der Waals surface area contributed by atoms with Gasteiger partial charge < -0.3 is 20.4 Å². The van der Waals surface area contributed by atoms with Crippen molar-refractivity contribution < 1.29 is 18.8 Å². The molecule has 1 aromatic heterocycles. The third-order valence-electron chi connectivity index (χ3n) is 6.16. The lowest BCUT2D eigenvalue weighted by atomic mass is 9.83. The highest BCUT2D eigenvalue weighted by Gasteiger charge is 2.31. The molecular weight excluding hydrogens is 430 g/mol. The molecule has 1 fully saturated rings. The van der Waals surface area contributed by atoms with Crippen LogP contribution in [0.2, 0.25) is 0 Å². The Labute approximate surface area is 202 Å². The fraction of sp³-hybridized carbons (Fsp3) is 0.519. The first-order chi connectivity index (χ1) is 16.2. The average molecular weight is 468 g/mol. The molecule has 1 aromatic carbocycles. The molecule has 7 heteroatoms. The summed E-state index contributed by atoms with van der Waals surface area (Å²) in [6.07, 6.45) is 5.65. The van der Waals surface area contributed by atoms with Gasteiger partial charge in [0.05, 0.1) is 0 Å². The van der Waals surface area contributed by atoms with Crippen molar-refractivity contribution in [2.45, 2.75) is 71.9 Å².